The summed E-state index contributed by atoms with van der Waals surface area (Å²) in [6.07, 6.45) is 42.1. The number of esters is 1. The lowest BCUT2D eigenvalue weighted by atomic mass is 10.0. The van der Waals surface area contributed by atoms with Crippen LogP contribution in [0.2, 0.25) is 0 Å². The lowest BCUT2D eigenvalue weighted by Gasteiger charge is -2.15. The number of phosphoric ester groups is 1. The Bertz CT molecular complexity index is 954. The van der Waals surface area contributed by atoms with Crippen molar-refractivity contribution in [3.63, 3.8) is 0 Å². The second-order valence-electron chi connectivity index (χ2n) is 13.9. The number of hydrogen-bond donors (Lipinski definition) is 3. The van der Waals surface area contributed by atoms with E-state index < -0.39 is 26.5 Å². The number of aliphatic hydroxyl groups excluding tert-OH is 1. The fourth-order valence-electron chi connectivity index (χ4n) is 5.69. The fraction of sp³-hybridized carbons (Fsp3) is 0.810. The van der Waals surface area contributed by atoms with Crippen LogP contribution in [0.3, 0.4) is 0 Å². The van der Waals surface area contributed by atoms with Crippen LogP contribution in [-0.4, -0.2) is 54.3 Å². The minimum atomic E-state index is -4.41. The van der Waals surface area contributed by atoms with E-state index in [0.717, 1.165) is 64.2 Å². The third-order valence-electron chi connectivity index (χ3n) is 8.83. The van der Waals surface area contributed by atoms with Gasteiger partial charge in [0.05, 0.1) is 13.2 Å². The normalized spacial score (nSPS) is 13.7. The Morgan fingerprint density at radius 3 is 1.65 bits per heavy atom. The molecule has 0 aromatic carbocycles. The molecule has 0 spiro atoms. The molecule has 0 rings (SSSR count). The zero-order valence-corrected chi connectivity index (χ0v) is 34.1. The van der Waals surface area contributed by atoms with E-state index in [2.05, 4.69) is 55.6 Å². The Morgan fingerprint density at radius 2 is 1.10 bits per heavy atom. The highest BCUT2D eigenvalue weighted by atomic mass is 31.2. The molecule has 1 amide bonds. The average Bonchev–Trinajstić information content (AvgIpc) is 3.13. The SMILES string of the molecule is CC/C=C\C/C=C\C/C=C\CCCCCCCCCC(=O)NCCOP(=O)(O)OCC(O)COC(=O)CCCCCCCCCCCCCCCC. The van der Waals surface area contributed by atoms with Crippen LogP contribution in [0, 0.1) is 0 Å². The molecule has 0 heterocycles. The summed E-state index contributed by atoms with van der Waals surface area (Å²) in [6.45, 7) is 3.44. The van der Waals surface area contributed by atoms with Gasteiger partial charge in [-0.25, -0.2) is 4.57 Å². The number of carbonyl (C=O) groups is 2. The van der Waals surface area contributed by atoms with Crippen molar-refractivity contribution < 1.29 is 37.9 Å². The molecule has 0 saturated carbocycles. The lowest BCUT2D eigenvalue weighted by Crippen LogP contribution is -2.27. The summed E-state index contributed by atoms with van der Waals surface area (Å²) in [4.78, 5) is 33.9. The maximum absolute atomic E-state index is 12.1. The summed E-state index contributed by atoms with van der Waals surface area (Å²) in [5.41, 5.74) is 0. The number of ether oxygens (including phenoxy) is 1. The van der Waals surface area contributed by atoms with Crippen LogP contribution in [0.1, 0.15) is 187 Å². The van der Waals surface area contributed by atoms with Gasteiger partial charge in [0.15, 0.2) is 0 Å². The topological polar surface area (TPSA) is 131 Å². The van der Waals surface area contributed by atoms with Crippen molar-refractivity contribution >= 4 is 19.7 Å². The molecule has 0 aliphatic rings. The molecule has 0 bridgehead atoms. The molecule has 3 N–H and O–H groups in total. The van der Waals surface area contributed by atoms with Crippen molar-refractivity contribution in [1.82, 2.24) is 5.32 Å². The third-order valence-corrected chi connectivity index (χ3v) is 9.82. The molecular formula is C42H78NO8P. The average molecular weight is 756 g/mol. The van der Waals surface area contributed by atoms with Crippen molar-refractivity contribution in [2.75, 3.05) is 26.4 Å². The second kappa shape index (κ2) is 38.9. The van der Waals surface area contributed by atoms with Crippen LogP contribution < -0.4 is 5.32 Å². The minimum Gasteiger partial charge on any atom is -0.463 e. The van der Waals surface area contributed by atoms with Gasteiger partial charge in [0.25, 0.3) is 0 Å². The first-order chi connectivity index (χ1) is 25.3. The first-order valence-electron chi connectivity index (χ1n) is 21.0. The number of nitrogens with one attached hydrogen (secondary N) is 1. The van der Waals surface area contributed by atoms with Gasteiger partial charge in [-0.2, -0.15) is 0 Å². The van der Waals surface area contributed by atoms with Gasteiger partial charge in [-0.1, -0.05) is 166 Å². The van der Waals surface area contributed by atoms with Crippen molar-refractivity contribution in [1.29, 1.82) is 0 Å². The standard InChI is InChI=1S/C42H78NO8P/c1-3-5-7-9-11-13-15-17-19-20-21-22-24-26-28-30-32-34-41(45)43-36-37-50-52(47,48)51-39-40(44)38-49-42(46)35-33-31-29-27-25-23-18-16-14-12-10-8-6-4-2/h5,7,11,13,17,19,40,44H,3-4,6,8-10,12,14-16,18,20-39H2,1-2H3,(H,43,45)(H,47,48)/b7-5-,13-11-,19-17-. The number of amides is 1. The first kappa shape index (κ1) is 50.2. The highest BCUT2D eigenvalue weighted by Crippen LogP contribution is 2.42. The fourth-order valence-corrected chi connectivity index (χ4v) is 6.45. The quantitative estimate of drug-likeness (QED) is 0.0244. The summed E-state index contributed by atoms with van der Waals surface area (Å²) < 4.78 is 26.8. The Labute approximate surface area is 318 Å². The van der Waals surface area contributed by atoms with E-state index in [1.807, 2.05) is 0 Å². The molecule has 9 nitrogen and oxygen atoms in total. The third kappa shape index (κ3) is 39.4. The number of unbranched alkanes of at least 4 members (excludes halogenated alkanes) is 20. The van der Waals surface area contributed by atoms with E-state index in [4.69, 9.17) is 13.8 Å². The zero-order chi connectivity index (χ0) is 38.2. The van der Waals surface area contributed by atoms with E-state index in [-0.39, 0.29) is 32.1 Å². The maximum Gasteiger partial charge on any atom is 0.472 e. The van der Waals surface area contributed by atoms with Gasteiger partial charge < -0.3 is 20.1 Å². The zero-order valence-electron chi connectivity index (χ0n) is 33.3. The summed E-state index contributed by atoms with van der Waals surface area (Å²) in [7, 11) is -4.41. The Hall–Kier alpha value is -1.77. The smallest absolute Gasteiger partial charge is 0.463 e. The molecule has 0 aromatic heterocycles. The largest absolute Gasteiger partial charge is 0.472 e. The molecule has 304 valence electrons. The van der Waals surface area contributed by atoms with E-state index in [0.29, 0.717) is 6.42 Å². The van der Waals surface area contributed by atoms with Gasteiger partial charge in [0, 0.05) is 19.4 Å². The number of phosphoric acid groups is 1. The van der Waals surface area contributed by atoms with Gasteiger partial charge in [-0.05, 0) is 44.9 Å². The van der Waals surface area contributed by atoms with Crippen molar-refractivity contribution in [3.8, 4) is 0 Å². The van der Waals surface area contributed by atoms with E-state index in [9.17, 15) is 24.2 Å². The van der Waals surface area contributed by atoms with Gasteiger partial charge in [-0.15, -0.1) is 0 Å². The predicted molar refractivity (Wildman–Crippen MR) is 215 cm³/mol. The van der Waals surface area contributed by atoms with Gasteiger partial charge >= 0.3 is 13.8 Å². The molecule has 0 aromatic rings. The van der Waals surface area contributed by atoms with Crippen LogP contribution in [-0.2, 0) is 27.9 Å². The minimum absolute atomic E-state index is 0.0766. The molecule has 0 aliphatic carbocycles. The summed E-state index contributed by atoms with van der Waals surface area (Å²) in [5, 5.41) is 12.7. The molecule has 10 heteroatoms. The molecule has 2 unspecified atom stereocenters. The van der Waals surface area contributed by atoms with Crippen molar-refractivity contribution in [2.45, 2.75) is 193 Å². The van der Waals surface area contributed by atoms with E-state index in [1.165, 1.54) is 96.3 Å². The van der Waals surface area contributed by atoms with Gasteiger partial charge in [0.1, 0.15) is 12.7 Å². The van der Waals surface area contributed by atoms with Crippen LogP contribution in [0.15, 0.2) is 36.5 Å². The van der Waals surface area contributed by atoms with Crippen molar-refractivity contribution in [3.05, 3.63) is 36.5 Å². The second-order valence-corrected chi connectivity index (χ2v) is 15.4. The van der Waals surface area contributed by atoms with Gasteiger partial charge in [0.2, 0.25) is 5.91 Å². The van der Waals surface area contributed by atoms with Crippen molar-refractivity contribution in [2.24, 2.45) is 0 Å². The number of hydrogen-bond acceptors (Lipinski definition) is 7. The number of allylic oxidation sites excluding steroid dienone is 6. The molecular weight excluding hydrogens is 677 g/mol. The Kier molecular flexibility index (Phi) is 37.6. The Balaban J connectivity index is 3.61. The summed E-state index contributed by atoms with van der Waals surface area (Å²) in [6, 6.07) is 0. The molecule has 0 fully saturated rings. The van der Waals surface area contributed by atoms with Crippen LogP contribution in [0.4, 0.5) is 0 Å². The molecule has 2 atom stereocenters. The summed E-state index contributed by atoms with van der Waals surface area (Å²) in [5.74, 6) is -0.524. The molecule has 0 saturated heterocycles. The number of rotatable bonds is 39. The number of carbonyl (C=O) groups excluding carboxylic acids is 2. The van der Waals surface area contributed by atoms with Crippen LogP contribution in [0.25, 0.3) is 0 Å². The van der Waals surface area contributed by atoms with Crippen LogP contribution in [0.5, 0.6) is 0 Å². The molecule has 0 aliphatic heterocycles. The molecule has 52 heavy (non-hydrogen) atoms. The first-order valence-corrected chi connectivity index (χ1v) is 22.5. The maximum atomic E-state index is 12.1. The van der Waals surface area contributed by atoms with E-state index >= 15 is 0 Å². The highest BCUT2D eigenvalue weighted by Gasteiger charge is 2.23. The highest BCUT2D eigenvalue weighted by molar-refractivity contribution is 7.47. The number of aliphatic hydroxyl groups is 1. The van der Waals surface area contributed by atoms with Crippen LogP contribution >= 0.6 is 7.82 Å². The van der Waals surface area contributed by atoms with Gasteiger partial charge in [-0.3, -0.25) is 18.6 Å². The van der Waals surface area contributed by atoms with E-state index in [1.54, 1.807) is 0 Å². The lowest BCUT2D eigenvalue weighted by molar-refractivity contribution is -0.147. The predicted octanol–water partition coefficient (Wildman–Crippen LogP) is 11.4. The molecule has 0 radical (unpaired) electrons. The Morgan fingerprint density at radius 1 is 0.615 bits per heavy atom. The monoisotopic (exact) mass is 756 g/mol. The summed E-state index contributed by atoms with van der Waals surface area (Å²) >= 11 is 0.